The van der Waals surface area contributed by atoms with Gasteiger partial charge < -0.3 is 33.8 Å². The van der Waals surface area contributed by atoms with Crippen molar-refractivity contribution >= 4 is 39.5 Å². The minimum atomic E-state index is -4.96. The predicted octanol–water partition coefficient (Wildman–Crippen LogP) is 21.3. The van der Waals surface area contributed by atoms with Gasteiger partial charge in [-0.15, -0.1) is 0 Å². The van der Waals surface area contributed by atoms with Crippen LogP contribution in [0.3, 0.4) is 0 Å². The van der Waals surface area contributed by atoms with Crippen molar-refractivity contribution in [2.45, 2.75) is 375 Å². The van der Waals surface area contributed by atoms with E-state index < -0.39 is 97.5 Å². The first-order valence-electron chi connectivity index (χ1n) is 38.2. The van der Waals surface area contributed by atoms with E-state index in [0.29, 0.717) is 25.7 Å². The summed E-state index contributed by atoms with van der Waals surface area (Å²) in [4.78, 5) is 72.7. The van der Waals surface area contributed by atoms with Gasteiger partial charge in [-0.05, 0) is 69.1 Å². The Bertz CT molecular complexity index is 1930. The highest BCUT2D eigenvalue weighted by atomic mass is 31.2. The molecule has 3 unspecified atom stereocenters. The molecular weight excluding hydrogens is 1230 g/mol. The molecular formula is C75H142O17P2. The zero-order chi connectivity index (χ0) is 69.4. The van der Waals surface area contributed by atoms with Crippen molar-refractivity contribution in [2.24, 2.45) is 17.8 Å². The molecule has 0 fully saturated rings. The van der Waals surface area contributed by atoms with Crippen molar-refractivity contribution < 1.29 is 80.2 Å². The Morgan fingerprint density at radius 2 is 0.628 bits per heavy atom. The molecule has 0 aliphatic rings. The second-order valence-corrected chi connectivity index (χ2v) is 30.5. The van der Waals surface area contributed by atoms with Crippen molar-refractivity contribution in [3.8, 4) is 0 Å². The topological polar surface area (TPSA) is 237 Å². The lowest BCUT2D eigenvalue weighted by Gasteiger charge is -2.21. The van der Waals surface area contributed by atoms with Gasteiger partial charge in [0.1, 0.15) is 19.3 Å². The second-order valence-electron chi connectivity index (χ2n) is 27.5. The number of unbranched alkanes of at least 4 members (excludes halogenated alkanes) is 35. The van der Waals surface area contributed by atoms with Gasteiger partial charge in [-0.1, -0.05) is 304 Å². The molecule has 554 valence electrons. The number of esters is 4. The van der Waals surface area contributed by atoms with Crippen LogP contribution in [0, 0.1) is 17.8 Å². The summed E-state index contributed by atoms with van der Waals surface area (Å²) in [6.07, 6.45) is 53.6. The van der Waals surface area contributed by atoms with E-state index in [-0.39, 0.29) is 25.7 Å². The third kappa shape index (κ3) is 66.8. The van der Waals surface area contributed by atoms with Crippen LogP contribution in [0.5, 0.6) is 0 Å². The molecule has 0 aromatic rings. The number of carbonyl (C=O) groups excluding carboxylic acids is 4. The first kappa shape index (κ1) is 91.5. The zero-order valence-corrected chi connectivity index (χ0v) is 62.7. The van der Waals surface area contributed by atoms with Crippen molar-refractivity contribution in [1.82, 2.24) is 0 Å². The summed E-state index contributed by atoms with van der Waals surface area (Å²) in [5, 5.41) is 10.6. The molecule has 6 atom stereocenters. The normalized spacial score (nSPS) is 14.6. The number of phosphoric ester groups is 2. The van der Waals surface area contributed by atoms with Gasteiger partial charge in [-0.3, -0.25) is 37.3 Å². The average molecular weight is 1380 g/mol. The van der Waals surface area contributed by atoms with Gasteiger partial charge in [0.15, 0.2) is 12.2 Å². The Morgan fingerprint density at radius 3 is 0.947 bits per heavy atom. The van der Waals surface area contributed by atoms with Crippen molar-refractivity contribution in [2.75, 3.05) is 39.6 Å². The first-order valence-corrected chi connectivity index (χ1v) is 41.2. The number of carbonyl (C=O) groups is 4. The Hall–Kier alpha value is -2.46. The summed E-state index contributed by atoms with van der Waals surface area (Å²) in [6.45, 7) is 11.8. The Kier molecular flexibility index (Phi) is 63.5. The highest BCUT2D eigenvalue weighted by Gasteiger charge is 2.30. The van der Waals surface area contributed by atoms with Crippen LogP contribution in [0.4, 0.5) is 0 Å². The van der Waals surface area contributed by atoms with E-state index in [0.717, 1.165) is 133 Å². The van der Waals surface area contributed by atoms with E-state index in [1.54, 1.807) is 0 Å². The quantitative estimate of drug-likeness (QED) is 0.0169. The lowest BCUT2D eigenvalue weighted by Crippen LogP contribution is -2.30. The van der Waals surface area contributed by atoms with E-state index in [2.05, 4.69) is 72.8 Å². The molecule has 3 N–H and O–H groups in total. The van der Waals surface area contributed by atoms with Gasteiger partial charge in [0.25, 0.3) is 0 Å². The molecule has 0 rings (SSSR count). The van der Waals surface area contributed by atoms with Gasteiger partial charge in [0.05, 0.1) is 26.4 Å². The van der Waals surface area contributed by atoms with Crippen LogP contribution in [0.1, 0.15) is 357 Å². The largest absolute Gasteiger partial charge is 0.472 e. The van der Waals surface area contributed by atoms with Gasteiger partial charge in [0.2, 0.25) is 0 Å². The van der Waals surface area contributed by atoms with Crippen molar-refractivity contribution in [3.05, 3.63) is 24.3 Å². The number of aliphatic hydroxyl groups is 1. The highest BCUT2D eigenvalue weighted by molar-refractivity contribution is 7.47. The van der Waals surface area contributed by atoms with E-state index >= 15 is 0 Å². The average Bonchev–Trinajstić information content (AvgIpc) is 1.31. The number of aliphatic hydroxyl groups excluding tert-OH is 1. The molecule has 0 aromatic carbocycles. The maximum atomic E-state index is 13.1. The molecule has 0 amide bonds. The monoisotopic (exact) mass is 1380 g/mol. The highest BCUT2D eigenvalue weighted by Crippen LogP contribution is 2.45. The molecule has 94 heavy (non-hydrogen) atoms. The smallest absolute Gasteiger partial charge is 0.462 e. The fraction of sp³-hybridized carbons (Fsp3) is 0.893. The summed E-state index contributed by atoms with van der Waals surface area (Å²) in [5.41, 5.74) is 0. The summed E-state index contributed by atoms with van der Waals surface area (Å²) in [6, 6.07) is 0. The molecule has 0 aliphatic heterocycles. The van der Waals surface area contributed by atoms with E-state index in [9.17, 15) is 43.2 Å². The van der Waals surface area contributed by atoms with Crippen molar-refractivity contribution in [1.29, 1.82) is 0 Å². The minimum absolute atomic E-state index is 0.100. The number of allylic oxidation sites excluding steroid dienone is 4. The molecule has 0 saturated carbocycles. The number of rotatable bonds is 71. The standard InChI is InChI=1S/C75H142O17P2/c1-8-10-11-12-13-14-15-16-17-21-24-29-34-42-49-56-72(77)85-62-70(91-74(79)58-51-44-35-30-25-22-19-18-20-23-27-32-39-46-53-66(3)4)64-89-93(81,82)87-60-69(76)61-88-94(83,84)90-65-71(63-86-73(78)57-50-43-38-37-41-48-55-68(7)9-2)92-75(80)59-52-45-36-31-26-28-33-40-47-54-67(5)6/h14-17,66-71,76H,8-13,18-65H2,1-7H3,(H,81,82)(H,83,84)/b15-14-,17-16-/t68?,69-,70-,71-/m1/s1. The molecule has 0 bridgehead atoms. The summed E-state index contributed by atoms with van der Waals surface area (Å²) < 4.78 is 68.4. The predicted molar refractivity (Wildman–Crippen MR) is 381 cm³/mol. The molecule has 0 saturated heterocycles. The fourth-order valence-corrected chi connectivity index (χ4v) is 12.4. The zero-order valence-electron chi connectivity index (χ0n) is 60.9. The van der Waals surface area contributed by atoms with Crippen LogP contribution < -0.4 is 0 Å². The SMILES string of the molecule is CCCCCC/C=C\C=C/CCCCCCCC(=O)OC[C@H](COP(=O)(O)OC[C@@H](O)COP(=O)(O)OC[C@@H](COC(=O)CCCCCCCCC(C)CC)OC(=O)CCCCCCCCCCCC(C)C)OC(=O)CCCCCCCCCCCCCCCCC(C)C. The van der Waals surface area contributed by atoms with Gasteiger partial charge in [0, 0.05) is 25.7 Å². The second kappa shape index (κ2) is 65.2. The molecule has 0 heterocycles. The van der Waals surface area contributed by atoms with Gasteiger partial charge >= 0.3 is 39.5 Å². The lowest BCUT2D eigenvalue weighted by atomic mass is 10.00. The Balaban J connectivity index is 5.29. The maximum Gasteiger partial charge on any atom is 0.472 e. The molecule has 0 radical (unpaired) electrons. The third-order valence-electron chi connectivity index (χ3n) is 17.1. The summed E-state index contributed by atoms with van der Waals surface area (Å²) in [5.74, 6) is 0.106. The van der Waals surface area contributed by atoms with Crippen LogP contribution in [0.15, 0.2) is 24.3 Å². The molecule has 0 aromatic heterocycles. The van der Waals surface area contributed by atoms with E-state index in [4.69, 9.17) is 37.0 Å². The third-order valence-corrected chi connectivity index (χ3v) is 19.0. The van der Waals surface area contributed by atoms with E-state index in [1.165, 1.54) is 141 Å². The molecule has 0 spiro atoms. The first-order chi connectivity index (χ1) is 45.3. The van der Waals surface area contributed by atoms with Crippen LogP contribution in [0.2, 0.25) is 0 Å². The van der Waals surface area contributed by atoms with Gasteiger partial charge in [-0.2, -0.15) is 0 Å². The Labute approximate surface area is 573 Å². The number of phosphoric acid groups is 2. The number of hydrogen-bond acceptors (Lipinski definition) is 15. The van der Waals surface area contributed by atoms with Crippen LogP contribution in [-0.2, 0) is 65.4 Å². The molecule has 0 aliphatic carbocycles. The summed E-state index contributed by atoms with van der Waals surface area (Å²) >= 11 is 0. The van der Waals surface area contributed by atoms with Crippen LogP contribution in [0.25, 0.3) is 0 Å². The van der Waals surface area contributed by atoms with Crippen LogP contribution >= 0.6 is 15.6 Å². The molecule has 19 heteroatoms. The van der Waals surface area contributed by atoms with Crippen LogP contribution in [-0.4, -0.2) is 96.7 Å². The lowest BCUT2D eigenvalue weighted by molar-refractivity contribution is -0.161. The summed E-state index contributed by atoms with van der Waals surface area (Å²) in [7, 11) is -9.92. The minimum Gasteiger partial charge on any atom is -0.462 e. The maximum absolute atomic E-state index is 13.1. The van der Waals surface area contributed by atoms with Crippen molar-refractivity contribution in [3.63, 3.8) is 0 Å². The fourth-order valence-electron chi connectivity index (χ4n) is 10.9. The Morgan fingerprint density at radius 1 is 0.351 bits per heavy atom. The number of hydrogen-bond donors (Lipinski definition) is 3. The van der Waals surface area contributed by atoms with E-state index in [1.807, 2.05) is 0 Å². The number of ether oxygens (including phenoxy) is 4. The van der Waals surface area contributed by atoms with Gasteiger partial charge in [-0.25, -0.2) is 9.13 Å². The molecule has 17 nitrogen and oxygen atoms in total.